The minimum atomic E-state index is -4.80. The summed E-state index contributed by atoms with van der Waals surface area (Å²) in [5, 5.41) is 28.8. The smallest absolute Gasteiger partial charge is 0.466 e. The number of quaternary nitrogens is 1. The summed E-state index contributed by atoms with van der Waals surface area (Å²) in [5.41, 5.74) is 2.74. The average Bonchev–Trinajstić information content (AvgIpc) is 1.24. The number of benzene rings is 5. The molecule has 5 aromatic rings. The normalized spacial score (nSPS) is 20.5. The second-order valence-corrected chi connectivity index (χ2v) is 24.3. The summed E-state index contributed by atoms with van der Waals surface area (Å²) in [7, 11) is -2.69. The first kappa shape index (κ1) is 64.0. The summed E-state index contributed by atoms with van der Waals surface area (Å²) in [6.07, 6.45) is 7.50. The maximum Gasteiger partial charge on any atom is 0.472 e. The number of phosphoric ester groups is 1. The lowest BCUT2D eigenvalue weighted by atomic mass is 9.67. The monoisotopic (exact) mass is 1180 g/mol. The molecule has 1 unspecified atom stereocenters. The molecular weight excluding hydrogens is 1100 g/mol. The van der Waals surface area contributed by atoms with Crippen LogP contribution in [0.15, 0.2) is 121 Å². The van der Waals surface area contributed by atoms with Crippen LogP contribution in [0.5, 0.6) is 5.75 Å². The fourth-order valence-electron chi connectivity index (χ4n) is 12.2. The van der Waals surface area contributed by atoms with E-state index in [1.165, 1.54) is 88.2 Å². The van der Waals surface area contributed by atoms with Crippen molar-refractivity contribution in [2.24, 2.45) is 5.92 Å². The summed E-state index contributed by atoms with van der Waals surface area (Å²) < 4.78 is 71.6. The summed E-state index contributed by atoms with van der Waals surface area (Å²) in [6, 6.07) is 30.4. The molecule has 4 atom stereocenters. The number of hydrogen-bond donors (Lipinski definition) is 6. The fourth-order valence-corrected chi connectivity index (χ4v) is 12.4. The van der Waals surface area contributed by atoms with Crippen LogP contribution in [-0.4, -0.2) is 143 Å². The Kier molecular flexibility index (Phi) is 23.2. The number of hydrogen-bond acceptors (Lipinski definition) is 10. The van der Waals surface area contributed by atoms with Gasteiger partial charge in [0, 0.05) is 70.6 Å². The van der Waals surface area contributed by atoms with Crippen molar-refractivity contribution < 1.29 is 70.6 Å². The number of aliphatic hydroxyl groups excluding tert-OH is 2. The van der Waals surface area contributed by atoms with Gasteiger partial charge in [-0.25, -0.2) is 22.3 Å². The molecular formula is C64H82F3N5O11P+. The van der Waals surface area contributed by atoms with E-state index in [0.717, 1.165) is 96.2 Å². The lowest BCUT2D eigenvalue weighted by Gasteiger charge is -2.41. The maximum atomic E-state index is 14.8. The molecule has 6 N–H and O–H groups in total. The predicted octanol–water partition coefficient (Wildman–Crippen LogP) is 8.62. The second kappa shape index (κ2) is 30.4. The van der Waals surface area contributed by atoms with E-state index in [9.17, 15) is 52.1 Å². The summed E-state index contributed by atoms with van der Waals surface area (Å²) in [6.45, 7) is 4.35. The zero-order chi connectivity index (χ0) is 59.7. The van der Waals surface area contributed by atoms with Crippen molar-refractivity contribution >= 4 is 25.5 Å². The topological polar surface area (TPSA) is 207 Å². The number of likely N-dealkylation sites (tertiary alicyclic amines) is 3. The molecule has 3 fully saturated rings. The molecule has 84 heavy (non-hydrogen) atoms. The Labute approximate surface area is 491 Å². The SMILES string of the molecule is C[N+]1(Cc2cc(C(O)CNCCCCCCOCCCCc3ccccc3)ccc2OCOP(=O)(O)O)CCC(CNC(=O)[C@H]2CCCN2C(=O)[C@@H]2C[C@@H](O)CN2C(=O)CC(c2ccc(F)cc2)(c2ccc(F)cc2)c2ccc(F)cc2)CC1. The highest BCUT2D eigenvalue weighted by Gasteiger charge is 2.48. The van der Waals surface area contributed by atoms with Gasteiger partial charge >= 0.3 is 7.82 Å². The van der Waals surface area contributed by atoms with Crippen LogP contribution in [0, 0.1) is 23.4 Å². The standard InChI is InChI=1S/C64H81F3N5O11P/c1-72(44-49-38-48(16-29-60(49)82-45-83-84(78,79)80)59(74)42-68-32-8-2-3-9-36-81-37-10-7-14-46-12-5-4-6-13-46)34-30-47(31-35-72)41-69-62(76)57-15-11-33-70(57)63(77)58-39-56(73)43-71(58)61(75)40-64(50-17-23-53(65)24-18-50,51-19-25-54(66)26-20-51)52-21-27-55(67)28-22-52/h4-6,12-13,16-29,38,47,56-59,68,73-74H,2-3,7-11,14-15,30-37,39-45H2,1H3,(H2-,69,76,78,79,80)/p+1/t47?,56-,57-,58+,59?,72?/m1/s1. The molecule has 3 heterocycles. The molecule has 3 aliphatic rings. The fraction of sp³-hybridized carbons (Fsp3) is 0.484. The Morgan fingerprint density at radius 2 is 1.37 bits per heavy atom. The molecule has 3 aliphatic heterocycles. The number of carbonyl (C=O) groups excluding carboxylic acids is 3. The zero-order valence-electron chi connectivity index (χ0n) is 48.0. The molecule has 0 spiro atoms. The van der Waals surface area contributed by atoms with Crippen LogP contribution >= 0.6 is 7.82 Å². The van der Waals surface area contributed by atoms with Crippen LogP contribution in [0.3, 0.4) is 0 Å². The Morgan fingerprint density at radius 3 is 1.99 bits per heavy atom. The molecule has 5 aromatic carbocycles. The zero-order valence-corrected chi connectivity index (χ0v) is 48.9. The third kappa shape index (κ3) is 17.8. The highest BCUT2D eigenvalue weighted by atomic mass is 31.2. The number of aliphatic hydroxyl groups is 2. The lowest BCUT2D eigenvalue weighted by Crippen LogP contribution is -2.54. The Bertz CT molecular complexity index is 2840. The van der Waals surface area contributed by atoms with E-state index in [1.54, 1.807) is 12.1 Å². The van der Waals surface area contributed by atoms with E-state index in [4.69, 9.17) is 9.47 Å². The molecule has 20 heteroatoms. The number of amides is 3. The van der Waals surface area contributed by atoms with Crippen molar-refractivity contribution in [3.05, 3.63) is 172 Å². The van der Waals surface area contributed by atoms with E-state index in [1.807, 2.05) is 12.1 Å². The molecule has 16 nitrogen and oxygen atoms in total. The molecule has 0 saturated carbocycles. The van der Waals surface area contributed by atoms with E-state index < -0.39 is 73.6 Å². The van der Waals surface area contributed by atoms with Crippen LogP contribution in [0.4, 0.5) is 13.2 Å². The molecule has 0 aliphatic carbocycles. The van der Waals surface area contributed by atoms with Gasteiger partial charge in [-0.1, -0.05) is 85.6 Å². The van der Waals surface area contributed by atoms with Crippen LogP contribution < -0.4 is 15.4 Å². The highest BCUT2D eigenvalue weighted by Crippen LogP contribution is 2.44. The molecule has 8 rings (SSSR count). The van der Waals surface area contributed by atoms with Crippen molar-refractivity contribution in [3.63, 3.8) is 0 Å². The molecule has 454 valence electrons. The second-order valence-electron chi connectivity index (χ2n) is 23.1. The Morgan fingerprint density at radius 1 is 0.762 bits per heavy atom. The van der Waals surface area contributed by atoms with Gasteiger partial charge in [0.05, 0.1) is 37.8 Å². The van der Waals surface area contributed by atoms with Gasteiger partial charge in [-0.05, 0) is 134 Å². The van der Waals surface area contributed by atoms with Crippen LogP contribution in [0.25, 0.3) is 0 Å². The van der Waals surface area contributed by atoms with Gasteiger partial charge in [0.15, 0.2) is 6.79 Å². The van der Waals surface area contributed by atoms with Gasteiger partial charge < -0.3 is 54.4 Å². The summed E-state index contributed by atoms with van der Waals surface area (Å²) in [5.74, 6) is -2.39. The minimum absolute atomic E-state index is 0.0590. The van der Waals surface area contributed by atoms with Crippen LogP contribution in [0.1, 0.15) is 117 Å². The number of phosphoric acid groups is 1. The van der Waals surface area contributed by atoms with Crippen molar-refractivity contribution in [1.82, 2.24) is 20.4 Å². The Balaban J connectivity index is 0.824. The first-order valence-electron chi connectivity index (χ1n) is 29.5. The number of unbranched alkanes of at least 4 members (excludes halogenated alkanes) is 4. The number of nitrogens with one attached hydrogen (secondary N) is 2. The van der Waals surface area contributed by atoms with Crippen molar-refractivity contribution in [3.8, 4) is 5.75 Å². The third-order valence-electron chi connectivity index (χ3n) is 16.9. The van der Waals surface area contributed by atoms with E-state index in [0.29, 0.717) is 65.0 Å². The summed E-state index contributed by atoms with van der Waals surface area (Å²) in [4.78, 5) is 65.0. The number of halogens is 3. The first-order valence-corrected chi connectivity index (χ1v) is 31.1. The van der Waals surface area contributed by atoms with Crippen LogP contribution in [-0.2, 0) is 46.6 Å². The van der Waals surface area contributed by atoms with Crippen molar-refractivity contribution in [2.45, 2.75) is 120 Å². The summed E-state index contributed by atoms with van der Waals surface area (Å²) >= 11 is 0. The minimum Gasteiger partial charge on any atom is -0.466 e. The van der Waals surface area contributed by atoms with Gasteiger partial charge in [0.25, 0.3) is 0 Å². The number of aryl methyl sites for hydroxylation is 1. The van der Waals surface area contributed by atoms with E-state index in [-0.39, 0.29) is 37.8 Å². The molecule has 0 aromatic heterocycles. The van der Waals surface area contributed by atoms with Gasteiger partial charge in [-0.2, -0.15) is 0 Å². The molecule has 3 amide bonds. The number of rotatable bonds is 30. The van der Waals surface area contributed by atoms with Gasteiger partial charge in [-0.3, -0.25) is 14.4 Å². The quantitative estimate of drug-likeness (QED) is 0.00840. The average molecular weight is 1190 g/mol. The molecule has 3 saturated heterocycles. The largest absolute Gasteiger partial charge is 0.472 e. The Hall–Kier alpha value is -5.99. The number of β-amino-alcohol motifs (C(OH)–C–C–N with tert-alkyl or cyclic N) is 1. The van der Waals surface area contributed by atoms with Crippen molar-refractivity contribution in [2.75, 3.05) is 72.9 Å². The maximum absolute atomic E-state index is 14.8. The molecule has 0 bridgehead atoms. The van der Waals surface area contributed by atoms with Gasteiger partial charge in [-0.15, -0.1) is 0 Å². The third-order valence-corrected chi connectivity index (χ3v) is 17.3. The van der Waals surface area contributed by atoms with E-state index in [2.05, 4.69) is 46.5 Å². The predicted molar refractivity (Wildman–Crippen MR) is 311 cm³/mol. The van der Waals surface area contributed by atoms with Gasteiger partial charge in [0.1, 0.15) is 41.8 Å². The highest BCUT2D eigenvalue weighted by molar-refractivity contribution is 7.46. The first-order chi connectivity index (χ1) is 40.4. The van der Waals surface area contributed by atoms with Gasteiger partial charge in [0.2, 0.25) is 17.7 Å². The molecule has 0 radical (unpaired) electrons. The number of ether oxygens (including phenoxy) is 2. The number of piperidine rings is 1. The van der Waals surface area contributed by atoms with Crippen molar-refractivity contribution in [1.29, 1.82) is 0 Å². The number of carbonyl (C=O) groups is 3. The lowest BCUT2D eigenvalue weighted by molar-refractivity contribution is -0.928. The van der Waals surface area contributed by atoms with E-state index >= 15 is 0 Å². The number of nitrogens with zero attached hydrogens (tertiary/aromatic N) is 3. The van der Waals surface area contributed by atoms with Crippen LogP contribution in [0.2, 0.25) is 0 Å².